The lowest BCUT2D eigenvalue weighted by molar-refractivity contribution is 0.0916. The van der Waals surface area contributed by atoms with Crippen LogP contribution in [0, 0.1) is 0 Å². The van der Waals surface area contributed by atoms with E-state index in [-0.39, 0.29) is 11.4 Å². The summed E-state index contributed by atoms with van der Waals surface area (Å²) in [5.74, 6) is -0.195. The second kappa shape index (κ2) is 6.75. The molecule has 0 spiro atoms. The van der Waals surface area contributed by atoms with Gasteiger partial charge in [-0.1, -0.05) is 62.0 Å². The summed E-state index contributed by atoms with van der Waals surface area (Å²) in [6.45, 7) is 2.02. The Morgan fingerprint density at radius 2 is 2.06 bits per heavy atom. The highest BCUT2D eigenvalue weighted by Crippen LogP contribution is 2.31. The largest absolute Gasteiger partial charge is 0.345 e. The molecule has 17 heavy (non-hydrogen) atoms. The van der Waals surface area contributed by atoms with Crippen LogP contribution in [0.5, 0.6) is 0 Å². The first kappa shape index (κ1) is 15.8. The van der Waals surface area contributed by atoms with Crippen LogP contribution in [-0.4, -0.2) is 22.1 Å². The van der Waals surface area contributed by atoms with Gasteiger partial charge in [-0.05, 0) is 12.5 Å². The van der Waals surface area contributed by atoms with Crippen LogP contribution in [0.2, 0.25) is 8.67 Å². The van der Waals surface area contributed by atoms with Crippen molar-refractivity contribution in [3.05, 3.63) is 20.3 Å². The van der Waals surface area contributed by atoms with Crippen LogP contribution >= 0.6 is 66.4 Å². The fraction of sp³-hybridized carbons (Fsp3) is 0.500. The third-order valence-corrected chi connectivity index (χ3v) is 6.10. The van der Waals surface area contributed by atoms with Crippen molar-refractivity contribution in [1.82, 2.24) is 5.32 Å². The fourth-order valence-electron chi connectivity index (χ4n) is 1.18. The Hall–Kier alpha value is 0.710. The van der Waals surface area contributed by atoms with Gasteiger partial charge in [0.25, 0.3) is 5.91 Å². The van der Waals surface area contributed by atoms with Crippen molar-refractivity contribution in [3.8, 4) is 0 Å². The van der Waals surface area contributed by atoms with Gasteiger partial charge in [0, 0.05) is 10.7 Å². The van der Waals surface area contributed by atoms with E-state index in [1.54, 1.807) is 6.07 Å². The van der Waals surface area contributed by atoms with Crippen molar-refractivity contribution in [2.45, 2.75) is 18.9 Å². The Labute approximate surface area is 131 Å². The molecule has 0 aromatic carbocycles. The summed E-state index contributed by atoms with van der Waals surface area (Å²) in [5, 5.41) is 4.32. The molecule has 2 nitrogen and oxygen atoms in total. The molecular formula is C10H11Br2Cl2NOS. The molecule has 1 amide bonds. The minimum Gasteiger partial charge on any atom is -0.345 e. The molecule has 0 aliphatic heterocycles. The summed E-state index contributed by atoms with van der Waals surface area (Å²) in [5.41, 5.74) is 0.121. The number of hydrogen-bond acceptors (Lipinski definition) is 2. The Bertz CT molecular complexity index is 399. The van der Waals surface area contributed by atoms with Gasteiger partial charge in [-0.25, -0.2) is 0 Å². The highest BCUT2D eigenvalue weighted by molar-refractivity contribution is 9.09. The van der Waals surface area contributed by atoms with E-state index in [2.05, 4.69) is 37.2 Å². The average Bonchev–Trinajstić information content (AvgIpc) is 2.65. The standard InChI is InChI=1S/C10H11Br2Cl2NOS/c1-2-10(4-11,5-12)15-9(16)6-3-7(13)17-8(6)14/h3H,2,4-5H2,1H3,(H,15,16). The number of alkyl halides is 2. The van der Waals surface area contributed by atoms with Crippen LogP contribution in [0.4, 0.5) is 0 Å². The first-order valence-electron chi connectivity index (χ1n) is 4.87. The van der Waals surface area contributed by atoms with Gasteiger partial charge in [-0.15, -0.1) is 11.3 Å². The van der Waals surface area contributed by atoms with E-state index in [4.69, 9.17) is 23.2 Å². The molecule has 0 saturated heterocycles. The normalized spacial score (nSPS) is 11.6. The summed E-state index contributed by atoms with van der Waals surface area (Å²) < 4.78 is 0.932. The van der Waals surface area contributed by atoms with Gasteiger partial charge >= 0.3 is 0 Å². The summed E-state index contributed by atoms with van der Waals surface area (Å²) in [6.07, 6.45) is 0.810. The maximum Gasteiger partial charge on any atom is 0.254 e. The Morgan fingerprint density at radius 1 is 1.47 bits per heavy atom. The zero-order valence-electron chi connectivity index (χ0n) is 9.03. The molecule has 1 rings (SSSR count). The first-order chi connectivity index (χ1) is 7.98. The summed E-state index contributed by atoms with van der Waals surface area (Å²) in [4.78, 5) is 12.1. The van der Waals surface area contributed by atoms with Gasteiger partial charge in [0.1, 0.15) is 4.34 Å². The van der Waals surface area contributed by atoms with Crippen LogP contribution < -0.4 is 5.32 Å². The molecular weight excluding hydrogens is 413 g/mol. The van der Waals surface area contributed by atoms with Crippen LogP contribution in [-0.2, 0) is 0 Å². The van der Waals surface area contributed by atoms with E-state index in [0.717, 1.165) is 6.42 Å². The number of hydrogen-bond donors (Lipinski definition) is 1. The fourth-order valence-corrected chi connectivity index (χ4v) is 4.64. The third-order valence-electron chi connectivity index (χ3n) is 2.47. The van der Waals surface area contributed by atoms with E-state index in [9.17, 15) is 4.79 Å². The van der Waals surface area contributed by atoms with Crippen molar-refractivity contribution < 1.29 is 4.79 Å². The SMILES string of the molecule is CCC(CBr)(CBr)NC(=O)c1cc(Cl)sc1Cl. The maximum atomic E-state index is 12.1. The Balaban J connectivity index is 2.88. The summed E-state index contributed by atoms with van der Waals surface area (Å²) in [7, 11) is 0. The second-order valence-corrected chi connectivity index (χ2v) is 7.00. The molecule has 96 valence electrons. The number of rotatable bonds is 5. The predicted octanol–water partition coefficient (Wildman–Crippen LogP) is 4.72. The van der Waals surface area contributed by atoms with Crippen molar-refractivity contribution in [1.29, 1.82) is 0 Å². The maximum absolute atomic E-state index is 12.1. The molecule has 0 bridgehead atoms. The number of nitrogens with one attached hydrogen (secondary N) is 1. The van der Waals surface area contributed by atoms with Crippen LogP contribution in [0.1, 0.15) is 23.7 Å². The number of halogens is 4. The monoisotopic (exact) mass is 421 g/mol. The lowest BCUT2D eigenvalue weighted by atomic mass is 10.0. The molecule has 0 atom stereocenters. The molecule has 1 heterocycles. The van der Waals surface area contributed by atoms with Crippen molar-refractivity contribution in [2.24, 2.45) is 0 Å². The van der Waals surface area contributed by atoms with Gasteiger partial charge in [-0.2, -0.15) is 0 Å². The Kier molecular flexibility index (Phi) is 6.26. The summed E-state index contributed by atoms with van der Waals surface area (Å²) in [6, 6.07) is 1.59. The topological polar surface area (TPSA) is 29.1 Å². The lowest BCUT2D eigenvalue weighted by Gasteiger charge is -2.29. The Morgan fingerprint density at radius 3 is 2.41 bits per heavy atom. The molecule has 7 heteroatoms. The highest BCUT2D eigenvalue weighted by atomic mass is 79.9. The van der Waals surface area contributed by atoms with Crippen LogP contribution in [0.3, 0.4) is 0 Å². The van der Waals surface area contributed by atoms with Crippen LogP contribution in [0.25, 0.3) is 0 Å². The average molecular weight is 424 g/mol. The molecule has 0 unspecified atom stereocenters. The minimum atomic E-state index is -0.311. The van der Waals surface area contributed by atoms with Gasteiger partial charge in [0.05, 0.1) is 15.4 Å². The first-order valence-corrected chi connectivity index (χ1v) is 8.69. The predicted molar refractivity (Wildman–Crippen MR) is 82.4 cm³/mol. The molecule has 0 aliphatic rings. The van der Waals surface area contributed by atoms with E-state index in [0.29, 0.717) is 24.9 Å². The van der Waals surface area contributed by atoms with Crippen LogP contribution in [0.15, 0.2) is 6.07 Å². The molecule has 0 radical (unpaired) electrons. The lowest BCUT2D eigenvalue weighted by Crippen LogP contribution is -2.51. The van der Waals surface area contributed by atoms with E-state index in [1.807, 2.05) is 6.92 Å². The second-order valence-electron chi connectivity index (χ2n) is 3.59. The van der Waals surface area contributed by atoms with Crippen molar-refractivity contribution in [3.63, 3.8) is 0 Å². The zero-order chi connectivity index (χ0) is 13.1. The van der Waals surface area contributed by atoms with E-state index in [1.165, 1.54) is 11.3 Å². The molecule has 1 N–H and O–H groups in total. The quantitative estimate of drug-likeness (QED) is 0.682. The number of carbonyl (C=O) groups excluding carboxylic acids is 1. The number of thiophene rings is 1. The smallest absolute Gasteiger partial charge is 0.254 e. The van der Waals surface area contributed by atoms with Gasteiger partial charge in [0.15, 0.2) is 0 Å². The number of carbonyl (C=O) groups is 1. The number of amides is 1. The minimum absolute atomic E-state index is 0.195. The highest BCUT2D eigenvalue weighted by Gasteiger charge is 2.29. The van der Waals surface area contributed by atoms with Gasteiger partial charge < -0.3 is 5.32 Å². The van der Waals surface area contributed by atoms with E-state index >= 15 is 0 Å². The zero-order valence-corrected chi connectivity index (χ0v) is 14.5. The molecule has 0 saturated carbocycles. The van der Waals surface area contributed by atoms with Crippen molar-refractivity contribution in [2.75, 3.05) is 10.7 Å². The van der Waals surface area contributed by atoms with Gasteiger partial charge in [0.2, 0.25) is 0 Å². The van der Waals surface area contributed by atoms with Gasteiger partial charge in [-0.3, -0.25) is 4.79 Å². The molecule has 1 aromatic rings. The summed E-state index contributed by atoms with van der Waals surface area (Å²) >= 11 is 19.8. The van der Waals surface area contributed by atoms with Crippen molar-refractivity contribution >= 4 is 72.3 Å². The van der Waals surface area contributed by atoms with E-state index < -0.39 is 0 Å². The molecule has 0 fully saturated rings. The molecule has 0 aliphatic carbocycles. The molecule has 1 aromatic heterocycles. The third kappa shape index (κ3) is 3.83.